The SMILES string of the molecule is COc1ccc(C2CCCCCN2C(=O)c2ccc(OCC(N)=O)cc2)cc1. The van der Waals surface area contributed by atoms with Gasteiger partial charge >= 0.3 is 0 Å². The van der Waals surface area contributed by atoms with Gasteiger partial charge in [-0.1, -0.05) is 25.0 Å². The number of rotatable bonds is 6. The molecule has 0 aliphatic carbocycles. The van der Waals surface area contributed by atoms with Crippen molar-refractivity contribution in [2.24, 2.45) is 5.73 Å². The van der Waals surface area contributed by atoms with E-state index in [1.54, 1.807) is 31.4 Å². The first kappa shape index (κ1) is 19.7. The van der Waals surface area contributed by atoms with E-state index in [1.165, 1.54) is 0 Å². The number of likely N-dealkylation sites (tertiary alicyclic amines) is 1. The van der Waals surface area contributed by atoms with Gasteiger partial charge < -0.3 is 20.1 Å². The lowest BCUT2D eigenvalue weighted by Crippen LogP contribution is -2.34. The Kier molecular flexibility index (Phi) is 6.53. The molecule has 1 aliphatic rings. The first-order chi connectivity index (χ1) is 13.6. The zero-order chi connectivity index (χ0) is 19.9. The second-order valence-electron chi connectivity index (χ2n) is 6.92. The molecule has 0 radical (unpaired) electrons. The van der Waals surface area contributed by atoms with Crippen molar-refractivity contribution in [3.05, 3.63) is 59.7 Å². The molecule has 0 spiro atoms. The maximum Gasteiger partial charge on any atom is 0.255 e. The molecule has 1 saturated heterocycles. The summed E-state index contributed by atoms with van der Waals surface area (Å²) in [5.74, 6) is 0.788. The predicted octanol–water partition coefficient (Wildman–Crippen LogP) is 3.32. The highest BCUT2D eigenvalue weighted by atomic mass is 16.5. The van der Waals surface area contributed by atoms with Gasteiger partial charge in [0, 0.05) is 12.1 Å². The van der Waals surface area contributed by atoms with E-state index in [0.29, 0.717) is 11.3 Å². The van der Waals surface area contributed by atoms with E-state index in [-0.39, 0.29) is 18.6 Å². The van der Waals surface area contributed by atoms with Gasteiger partial charge in [-0.2, -0.15) is 0 Å². The summed E-state index contributed by atoms with van der Waals surface area (Å²) in [7, 11) is 1.65. The number of amides is 2. The number of nitrogens with zero attached hydrogens (tertiary/aromatic N) is 1. The van der Waals surface area contributed by atoms with Gasteiger partial charge in [0.05, 0.1) is 13.2 Å². The van der Waals surface area contributed by atoms with Crippen LogP contribution in [0.1, 0.15) is 47.6 Å². The van der Waals surface area contributed by atoms with Crippen LogP contribution in [0.25, 0.3) is 0 Å². The van der Waals surface area contributed by atoms with Crippen molar-refractivity contribution >= 4 is 11.8 Å². The van der Waals surface area contributed by atoms with Crippen molar-refractivity contribution in [1.82, 2.24) is 4.90 Å². The highest BCUT2D eigenvalue weighted by molar-refractivity contribution is 5.94. The molecule has 2 aromatic rings. The van der Waals surface area contributed by atoms with E-state index in [9.17, 15) is 9.59 Å². The number of carbonyl (C=O) groups is 2. The van der Waals surface area contributed by atoms with Gasteiger partial charge in [-0.3, -0.25) is 9.59 Å². The predicted molar refractivity (Wildman–Crippen MR) is 106 cm³/mol. The van der Waals surface area contributed by atoms with E-state index in [0.717, 1.165) is 43.5 Å². The normalized spacial score (nSPS) is 16.9. The van der Waals surface area contributed by atoms with Crippen LogP contribution in [0.5, 0.6) is 11.5 Å². The number of nitrogens with two attached hydrogens (primary N) is 1. The van der Waals surface area contributed by atoms with Gasteiger partial charge in [-0.05, 0) is 54.8 Å². The number of primary amides is 1. The first-order valence-electron chi connectivity index (χ1n) is 9.54. The maximum atomic E-state index is 13.2. The lowest BCUT2D eigenvalue weighted by molar-refractivity contribution is -0.119. The van der Waals surface area contributed by atoms with Crippen molar-refractivity contribution < 1.29 is 19.1 Å². The van der Waals surface area contributed by atoms with Gasteiger partial charge in [-0.15, -0.1) is 0 Å². The monoisotopic (exact) mass is 382 g/mol. The van der Waals surface area contributed by atoms with Gasteiger partial charge in [0.15, 0.2) is 6.61 Å². The molecule has 148 valence electrons. The van der Waals surface area contributed by atoms with E-state index in [4.69, 9.17) is 15.2 Å². The molecule has 1 atom stereocenters. The zero-order valence-corrected chi connectivity index (χ0v) is 16.1. The molecule has 1 aliphatic heterocycles. The van der Waals surface area contributed by atoms with Crippen LogP contribution in [-0.2, 0) is 4.79 Å². The van der Waals surface area contributed by atoms with Crippen molar-refractivity contribution in [3.8, 4) is 11.5 Å². The molecule has 0 bridgehead atoms. The van der Waals surface area contributed by atoms with Gasteiger partial charge in [0.25, 0.3) is 11.8 Å². The van der Waals surface area contributed by atoms with Crippen LogP contribution >= 0.6 is 0 Å². The molecule has 0 saturated carbocycles. The molecule has 1 fully saturated rings. The Morgan fingerprint density at radius 2 is 1.68 bits per heavy atom. The Hall–Kier alpha value is -3.02. The Balaban J connectivity index is 1.79. The van der Waals surface area contributed by atoms with E-state index in [2.05, 4.69) is 0 Å². The second kappa shape index (κ2) is 9.26. The summed E-state index contributed by atoms with van der Waals surface area (Å²) in [6.07, 6.45) is 4.16. The minimum Gasteiger partial charge on any atom is -0.497 e. The smallest absolute Gasteiger partial charge is 0.255 e. The Morgan fingerprint density at radius 1 is 1.00 bits per heavy atom. The fraction of sp³-hybridized carbons (Fsp3) is 0.364. The van der Waals surface area contributed by atoms with Gasteiger partial charge in [-0.25, -0.2) is 0 Å². The summed E-state index contributed by atoms with van der Waals surface area (Å²) in [5.41, 5.74) is 6.81. The average Bonchev–Trinajstić information content (AvgIpc) is 2.98. The quantitative estimate of drug-likeness (QED) is 0.831. The Bertz CT molecular complexity index is 802. The second-order valence-corrected chi connectivity index (χ2v) is 6.92. The van der Waals surface area contributed by atoms with Crippen LogP contribution in [0.15, 0.2) is 48.5 Å². The molecule has 6 heteroatoms. The standard InChI is InChI=1S/C22H26N2O4/c1-27-18-10-6-16(7-11-18)20-5-3-2-4-14-24(20)22(26)17-8-12-19(13-9-17)28-15-21(23)25/h6-13,20H,2-5,14-15H2,1H3,(H2,23,25). The molecule has 2 aromatic carbocycles. The summed E-state index contributed by atoms with van der Waals surface area (Å²) >= 11 is 0. The number of benzene rings is 2. The zero-order valence-electron chi connectivity index (χ0n) is 16.1. The number of hydrogen-bond donors (Lipinski definition) is 1. The van der Waals surface area contributed by atoms with Gasteiger partial charge in [0.1, 0.15) is 11.5 Å². The van der Waals surface area contributed by atoms with Gasteiger partial charge in [0.2, 0.25) is 0 Å². The van der Waals surface area contributed by atoms with Crippen LogP contribution in [0.3, 0.4) is 0 Å². The molecule has 2 amide bonds. The first-order valence-corrected chi connectivity index (χ1v) is 9.54. The van der Waals surface area contributed by atoms with Crippen LogP contribution in [0, 0.1) is 0 Å². The largest absolute Gasteiger partial charge is 0.497 e. The Morgan fingerprint density at radius 3 is 2.32 bits per heavy atom. The number of hydrogen-bond acceptors (Lipinski definition) is 4. The fourth-order valence-corrected chi connectivity index (χ4v) is 3.54. The van der Waals surface area contributed by atoms with Crippen molar-refractivity contribution in [2.75, 3.05) is 20.3 Å². The average molecular weight is 382 g/mol. The molecule has 2 N–H and O–H groups in total. The summed E-state index contributed by atoms with van der Waals surface area (Å²) in [6.45, 7) is 0.550. The molecule has 1 heterocycles. The van der Waals surface area contributed by atoms with Crippen LogP contribution < -0.4 is 15.2 Å². The molecule has 1 unspecified atom stereocenters. The molecule has 0 aromatic heterocycles. The lowest BCUT2D eigenvalue weighted by Gasteiger charge is -2.31. The lowest BCUT2D eigenvalue weighted by atomic mass is 10.00. The minimum atomic E-state index is -0.535. The number of carbonyl (C=O) groups excluding carboxylic acids is 2. The van der Waals surface area contributed by atoms with Crippen molar-refractivity contribution in [1.29, 1.82) is 0 Å². The Labute approximate surface area is 165 Å². The van der Waals surface area contributed by atoms with E-state index < -0.39 is 5.91 Å². The number of methoxy groups -OCH3 is 1. The summed E-state index contributed by atoms with van der Waals surface area (Å²) < 4.78 is 10.5. The molecular weight excluding hydrogens is 356 g/mol. The highest BCUT2D eigenvalue weighted by Crippen LogP contribution is 2.32. The van der Waals surface area contributed by atoms with E-state index >= 15 is 0 Å². The third-order valence-electron chi connectivity index (χ3n) is 5.00. The van der Waals surface area contributed by atoms with Crippen molar-refractivity contribution in [3.63, 3.8) is 0 Å². The number of ether oxygens (including phenoxy) is 2. The fourth-order valence-electron chi connectivity index (χ4n) is 3.54. The third kappa shape index (κ3) is 4.82. The molecule has 3 rings (SSSR count). The topological polar surface area (TPSA) is 81.9 Å². The van der Waals surface area contributed by atoms with Crippen LogP contribution in [0.2, 0.25) is 0 Å². The molecular formula is C22H26N2O4. The van der Waals surface area contributed by atoms with Crippen LogP contribution in [0.4, 0.5) is 0 Å². The van der Waals surface area contributed by atoms with Crippen molar-refractivity contribution in [2.45, 2.75) is 31.7 Å². The summed E-state index contributed by atoms with van der Waals surface area (Å²) in [6, 6.07) is 14.8. The highest BCUT2D eigenvalue weighted by Gasteiger charge is 2.27. The maximum absolute atomic E-state index is 13.2. The third-order valence-corrected chi connectivity index (χ3v) is 5.00. The summed E-state index contributed by atoms with van der Waals surface area (Å²) in [4.78, 5) is 26.0. The van der Waals surface area contributed by atoms with Crippen LogP contribution in [-0.4, -0.2) is 37.0 Å². The molecule has 6 nitrogen and oxygen atoms in total. The summed E-state index contributed by atoms with van der Waals surface area (Å²) in [5, 5.41) is 0. The minimum absolute atomic E-state index is 0.00386. The molecule has 28 heavy (non-hydrogen) atoms. The van der Waals surface area contributed by atoms with E-state index in [1.807, 2.05) is 29.2 Å².